The Balaban J connectivity index is 2.04. The number of benzene rings is 1. The van der Waals surface area contributed by atoms with Crippen molar-refractivity contribution in [3.63, 3.8) is 0 Å². The highest BCUT2D eigenvalue weighted by Gasteiger charge is 2.23. The number of hydrogen-bond donors (Lipinski definition) is 0. The van der Waals surface area contributed by atoms with E-state index < -0.39 is 0 Å². The summed E-state index contributed by atoms with van der Waals surface area (Å²) in [5.41, 5.74) is 3.69. The summed E-state index contributed by atoms with van der Waals surface area (Å²) in [7, 11) is 0. The summed E-state index contributed by atoms with van der Waals surface area (Å²) in [6, 6.07) is 7.22. The highest BCUT2D eigenvalue weighted by atomic mass is 35.5. The Bertz CT molecular complexity index is 594. The quantitative estimate of drug-likeness (QED) is 0.737. The Morgan fingerprint density at radius 2 is 2.00 bits per heavy atom. The zero-order valence-electron chi connectivity index (χ0n) is 12.4. The van der Waals surface area contributed by atoms with Crippen LogP contribution in [0.2, 0.25) is 0 Å². The molecule has 0 atom stereocenters. The van der Waals surface area contributed by atoms with Gasteiger partial charge in [-0.3, -0.25) is 0 Å². The Morgan fingerprint density at radius 1 is 1.25 bits per heavy atom. The number of nitrogens with zero attached hydrogens (tertiary/aromatic N) is 2. The van der Waals surface area contributed by atoms with Gasteiger partial charge in [-0.2, -0.15) is 0 Å². The van der Waals surface area contributed by atoms with E-state index in [1.54, 1.807) is 0 Å². The normalized spacial score (nSPS) is 23.4. The van der Waals surface area contributed by atoms with Crippen LogP contribution in [0.1, 0.15) is 50.0 Å². The molecule has 1 aliphatic rings. The van der Waals surface area contributed by atoms with Crippen molar-refractivity contribution >= 4 is 22.6 Å². The van der Waals surface area contributed by atoms with Crippen LogP contribution < -0.4 is 0 Å². The van der Waals surface area contributed by atoms with Crippen molar-refractivity contribution in [2.45, 2.75) is 52.0 Å². The van der Waals surface area contributed by atoms with E-state index in [0.717, 1.165) is 17.9 Å². The Kier molecular flexibility index (Phi) is 4.02. The van der Waals surface area contributed by atoms with Gasteiger partial charge in [0.25, 0.3) is 0 Å². The van der Waals surface area contributed by atoms with Gasteiger partial charge in [0.05, 0.1) is 11.0 Å². The van der Waals surface area contributed by atoms with Crippen molar-refractivity contribution in [3.05, 3.63) is 29.6 Å². The van der Waals surface area contributed by atoms with Gasteiger partial charge >= 0.3 is 0 Å². The first-order chi connectivity index (χ1) is 9.69. The predicted molar refractivity (Wildman–Crippen MR) is 85.6 cm³/mol. The molecule has 0 amide bonds. The minimum absolute atomic E-state index is 0.608. The third-order valence-electron chi connectivity index (χ3n) is 4.59. The van der Waals surface area contributed by atoms with Crippen LogP contribution in [-0.2, 0) is 6.42 Å². The lowest BCUT2D eigenvalue weighted by Gasteiger charge is -2.29. The highest BCUT2D eigenvalue weighted by Crippen LogP contribution is 2.35. The number of aryl methyl sites for hydroxylation is 2. The lowest BCUT2D eigenvalue weighted by molar-refractivity contribution is 0.290. The van der Waals surface area contributed by atoms with Crippen LogP contribution in [-0.4, -0.2) is 15.4 Å². The van der Waals surface area contributed by atoms with Crippen LogP contribution in [0, 0.1) is 12.8 Å². The van der Waals surface area contributed by atoms with Crippen molar-refractivity contribution < 1.29 is 0 Å². The standard InChI is InChI=1S/C17H23ClN2/c1-12-3-6-14(7-4-12)20-16-8-5-13(2)11-15(16)19-17(20)9-10-18/h5,8,11-12,14H,3-4,6-7,9-10H2,1-2H3. The summed E-state index contributed by atoms with van der Waals surface area (Å²) < 4.78 is 2.48. The second-order valence-corrected chi connectivity index (χ2v) is 6.62. The Morgan fingerprint density at radius 3 is 2.70 bits per heavy atom. The molecular formula is C17H23ClN2. The number of rotatable bonds is 3. The maximum Gasteiger partial charge on any atom is 0.111 e. The molecule has 3 heteroatoms. The lowest BCUT2D eigenvalue weighted by atomic mass is 9.87. The van der Waals surface area contributed by atoms with Crippen molar-refractivity contribution in [3.8, 4) is 0 Å². The summed E-state index contributed by atoms with van der Waals surface area (Å²) in [5, 5.41) is 0. The van der Waals surface area contributed by atoms with E-state index in [0.29, 0.717) is 11.9 Å². The second-order valence-electron chi connectivity index (χ2n) is 6.24. The largest absolute Gasteiger partial charge is 0.325 e. The van der Waals surface area contributed by atoms with E-state index in [4.69, 9.17) is 16.6 Å². The molecule has 1 aliphatic carbocycles. The van der Waals surface area contributed by atoms with E-state index in [1.165, 1.54) is 42.6 Å². The Hall–Kier alpha value is -1.02. The molecule has 0 radical (unpaired) electrons. The Labute approximate surface area is 126 Å². The van der Waals surface area contributed by atoms with Gasteiger partial charge < -0.3 is 4.57 Å². The summed E-state index contributed by atoms with van der Waals surface area (Å²) in [5.74, 6) is 2.69. The minimum Gasteiger partial charge on any atom is -0.325 e. The summed E-state index contributed by atoms with van der Waals surface area (Å²) in [6.45, 7) is 4.49. The van der Waals surface area contributed by atoms with Crippen molar-refractivity contribution in [1.29, 1.82) is 0 Å². The number of imidazole rings is 1. The molecule has 0 saturated heterocycles. The third-order valence-corrected chi connectivity index (χ3v) is 4.78. The molecular weight excluding hydrogens is 268 g/mol. The molecule has 0 N–H and O–H groups in total. The van der Waals surface area contributed by atoms with Gasteiger partial charge in [-0.05, 0) is 56.2 Å². The SMILES string of the molecule is Cc1ccc2c(c1)nc(CCCl)n2C1CCC(C)CC1. The molecule has 20 heavy (non-hydrogen) atoms. The zero-order valence-corrected chi connectivity index (χ0v) is 13.2. The van der Waals surface area contributed by atoms with E-state index in [2.05, 4.69) is 36.6 Å². The van der Waals surface area contributed by atoms with E-state index >= 15 is 0 Å². The zero-order chi connectivity index (χ0) is 14.1. The molecule has 1 aromatic carbocycles. The average molecular weight is 291 g/mol. The number of halogens is 1. The average Bonchev–Trinajstić information content (AvgIpc) is 2.77. The van der Waals surface area contributed by atoms with Crippen molar-refractivity contribution in [2.24, 2.45) is 5.92 Å². The predicted octanol–water partition coefficient (Wildman–Crippen LogP) is 4.88. The fraction of sp³-hybridized carbons (Fsp3) is 0.588. The smallest absolute Gasteiger partial charge is 0.111 e. The topological polar surface area (TPSA) is 17.8 Å². The van der Waals surface area contributed by atoms with Gasteiger partial charge in [0, 0.05) is 18.3 Å². The molecule has 1 aromatic heterocycles. The molecule has 0 spiro atoms. The fourth-order valence-electron chi connectivity index (χ4n) is 3.43. The van der Waals surface area contributed by atoms with Crippen LogP contribution >= 0.6 is 11.6 Å². The van der Waals surface area contributed by atoms with Crippen molar-refractivity contribution in [1.82, 2.24) is 9.55 Å². The van der Waals surface area contributed by atoms with Gasteiger partial charge in [-0.25, -0.2) is 4.98 Å². The minimum atomic E-state index is 0.608. The monoisotopic (exact) mass is 290 g/mol. The molecule has 1 fully saturated rings. The van der Waals surface area contributed by atoms with E-state index in [1.807, 2.05) is 0 Å². The number of alkyl halides is 1. The fourth-order valence-corrected chi connectivity index (χ4v) is 3.60. The summed E-state index contributed by atoms with van der Waals surface area (Å²) in [4.78, 5) is 4.84. The van der Waals surface area contributed by atoms with Gasteiger partial charge in [-0.1, -0.05) is 13.0 Å². The van der Waals surface area contributed by atoms with Crippen LogP contribution in [0.5, 0.6) is 0 Å². The molecule has 1 heterocycles. The molecule has 1 saturated carbocycles. The van der Waals surface area contributed by atoms with Crippen LogP contribution in [0.25, 0.3) is 11.0 Å². The van der Waals surface area contributed by atoms with E-state index in [-0.39, 0.29) is 0 Å². The molecule has 108 valence electrons. The summed E-state index contributed by atoms with van der Waals surface area (Å²) >= 11 is 5.98. The van der Waals surface area contributed by atoms with Gasteiger partial charge in [0.1, 0.15) is 5.82 Å². The molecule has 0 bridgehead atoms. The van der Waals surface area contributed by atoms with Gasteiger partial charge in [0.2, 0.25) is 0 Å². The molecule has 0 unspecified atom stereocenters. The molecule has 0 aliphatic heterocycles. The number of aromatic nitrogens is 2. The number of fused-ring (bicyclic) bond motifs is 1. The molecule has 2 nitrogen and oxygen atoms in total. The lowest BCUT2D eigenvalue weighted by Crippen LogP contribution is -2.19. The maximum atomic E-state index is 5.98. The van der Waals surface area contributed by atoms with Crippen molar-refractivity contribution in [2.75, 3.05) is 5.88 Å². The van der Waals surface area contributed by atoms with E-state index in [9.17, 15) is 0 Å². The van der Waals surface area contributed by atoms with Gasteiger partial charge in [0.15, 0.2) is 0 Å². The third kappa shape index (κ3) is 2.58. The molecule has 2 aromatic rings. The van der Waals surface area contributed by atoms with Crippen LogP contribution in [0.15, 0.2) is 18.2 Å². The first-order valence-corrected chi connectivity index (χ1v) is 8.26. The molecule has 3 rings (SSSR count). The first kappa shape index (κ1) is 13.9. The van der Waals surface area contributed by atoms with Crippen LogP contribution in [0.3, 0.4) is 0 Å². The number of hydrogen-bond acceptors (Lipinski definition) is 1. The highest BCUT2D eigenvalue weighted by molar-refractivity contribution is 6.17. The maximum absolute atomic E-state index is 5.98. The van der Waals surface area contributed by atoms with Gasteiger partial charge in [-0.15, -0.1) is 11.6 Å². The second kappa shape index (κ2) is 5.77. The summed E-state index contributed by atoms with van der Waals surface area (Å²) in [6.07, 6.45) is 6.07. The first-order valence-electron chi connectivity index (χ1n) is 7.72. The van der Waals surface area contributed by atoms with Crippen LogP contribution in [0.4, 0.5) is 0 Å².